The fourth-order valence-electron chi connectivity index (χ4n) is 2.40. The second kappa shape index (κ2) is 7.68. The zero-order chi connectivity index (χ0) is 17.9. The van der Waals surface area contributed by atoms with E-state index in [4.69, 9.17) is 4.74 Å². The number of rotatable bonds is 6. The first-order valence-corrected chi connectivity index (χ1v) is 9.98. The zero-order valence-electron chi connectivity index (χ0n) is 14.2. The summed E-state index contributed by atoms with van der Waals surface area (Å²) in [6, 6.07) is 12.5. The molecule has 0 radical (unpaired) electrons. The summed E-state index contributed by atoms with van der Waals surface area (Å²) in [6.07, 6.45) is 0. The molecule has 2 aromatic carbocycles. The molecule has 0 aliphatic rings. The quantitative estimate of drug-likeness (QED) is 0.753. The van der Waals surface area contributed by atoms with E-state index in [0.29, 0.717) is 5.75 Å². The van der Waals surface area contributed by atoms with Crippen molar-refractivity contribution in [2.45, 2.75) is 37.6 Å². The number of methoxy groups -OCH3 is 1. The predicted molar refractivity (Wildman–Crippen MR) is 100.0 cm³/mol. The van der Waals surface area contributed by atoms with Crippen LogP contribution >= 0.6 is 15.9 Å². The molecule has 0 bridgehead atoms. The molecule has 0 aromatic heterocycles. The molecule has 0 fully saturated rings. The van der Waals surface area contributed by atoms with Gasteiger partial charge in [-0.15, -0.1) is 0 Å². The highest BCUT2D eigenvalue weighted by Gasteiger charge is 2.23. The van der Waals surface area contributed by atoms with E-state index in [1.165, 1.54) is 7.11 Å². The second-order valence-corrected chi connectivity index (χ2v) is 8.56. The lowest BCUT2D eigenvalue weighted by Crippen LogP contribution is -2.27. The first-order valence-electron chi connectivity index (χ1n) is 7.70. The monoisotopic (exact) mass is 411 g/mol. The molecular formula is C18H22BrNO3S. The topological polar surface area (TPSA) is 55.4 Å². The molecule has 2 aromatic rings. The molecule has 0 aliphatic heterocycles. The molecule has 0 saturated carbocycles. The van der Waals surface area contributed by atoms with Gasteiger partial charge in [-0.3, -0.25) is 0 Å². The molecule has 0 unspecified atom stereocenters. The highest BCUT2D eigenvalue weighted by molar-refractivity contribution is 9.10. The zero-order valence-corrected chi connectivity index (χ0v) is 16.6. The van der Waals surface area contributed by atoms with Crippen molar-refractivity contribution in [3.8, 4) is 5.75 Å². The van der Waals surface area contributed by atoms with E-state index in [-0.39, 0.29) is 16.9 Å². The van der Waals surface area contributed by atoms with Crippen LogP contribution < -0.4 is 9.46 Å². The van der Waals surface area contributed by atoms with Gasteiger partial charge < -0.3 is 4.74 Å². The van der Waals surface area contributed by atoms with Crippen LogP contribution in [-0.4, -0.2) is 15.5 Å². The van der Waals surface area contributed by atoms with Crippen molar-refractivity contribution in [1.29, 1.82) is 0 Å². The van der Waals surface area contributed by atoms with Crippen molar-refractivity contribution in [3.05, 3.63) is 58.1 Å². The van der Waals surface area contributed by atoms with Crippen LogP contribution in [-0.2, 0) is 10.0 Å². The summed E-state index contributed by atoms with van der Waals surface area (Å²) in [6.45, 7) is 5.86. The van der Waals surface area contributed by atoms with E-state index >= 15 is 0 Å². The molecule has 2 rings (SSSR count). The van der Waals surface area contributed by atoms with Gasteiger partial charge in [0.25, 0.3) is 0 Å². The van der Waals surface area contributed by atoms with Crippen molar-refractivity contribution in [1.82, 2.24) is 4.72 Å². The molecule has 0 heterocycles. The Morgan fingerprint density at radius 2 is 1.75 bits per heavy atom. The third kappa shape index (κ3) is 4.37. The molecule has 130 valence electrons. The summed E-state index contributed by atoms with van der Waals surface area (Å²) in [5.74, 6) is 0.570. The van der Waals surface area contributed by atoms with E-state index in [1.807, 2.05) is 51.1 Å². The maximum atomic E-state index is 12.9. The Morgan fingerprint density at radius 1 is 1.04 bits per heavy atom. The Kier molecular flexibility index (Phi) is 6.06. The van der Waals surface area contributed by atoms with Crippen LogP contribution in [0.4, 0.5) is 0 Å². The standard InChI is InChI=1S/C18H22BrNO3S/c1-12(2)14-8-9-17(23-4)18(11-14)24(21,22)20-13(3)15-6-5-7-16(19)10-15/h5-13,20H,1-4H3/t13-/m1/s1. The third-order valence-corrected chi connectivity index (χ3v) is 5.88. The van der Waals surface area contributed by atoms with Crippen LogP contribution in [0.1, 0.15) is 43.9 Å². The number of nitrogens with one attached hydrogen (secondary N) is 1. The first kappa shape index (κ1) is 19.0. The molecule has 0 spiro atoms. The van der Waals surface area contributed by atoms with Crippen molar-refractivity contribution in [3.63, 3.8) is 0 Å². The molecule has 24 heavy (non-hydrogen) atoms. The molecule has 0 aliphatic carbocycles. The molecule has 1 atom stereocenters. The summed E-state index contributed by atoms with van der Waals surface area (Å²) in [4.78, 5) is 0.165. The lowest BCUT2D eigenvalue weighted by Gasteiger charge is -2.18. The molecule has 4 nitrogen and oxygen atoms in total. The van der Waals surface area contributed by atoms with Gasteiger partial charge in [0.05, 0.1) is 7.11 Å². The summed E-state index contributed by atoms with van der Waals surface area (Å²) < 4.78 is 34.6. The van der Waals surface area contributed by atoms with E-state index in [1.54, 1.807) is 12.1 Å². The minimum Gasteiger partial charge on any atom is -0.495 e. The van der Waals surface area contributed by atoms with Crippen LogP contribution in [0.25, 0.3) is 0 Å². The van der Waals surface area contributed by atoms with E-state index in [2.05, 4.69) is 20.7 Å². The Bertz CT molecular complexity index is 819. The third-order valence-electron chi connectivity index (χ3n) is 3.82. The van der Waals surface area contributed by atoms with Gasteiger partial charge in [0, 0.05) is 10.5 Å². The fourth-order valence-corrected chi connectivity index (χ4v) is 4.26. The smallest absolute Gasteiger partial charge is 0.244 e. The average molecular weight is 412 g/mol. The maximum absolute atomic E-state index is 12.9. The molecule has 0 amide bonds. The average Bonchev–Trinajstić information content (AvgIpc) is 2.53. The SMILES string of the molecule is COc1ccc(C(C)C)cc1S(=O)(=O)N[C@H](C)c1cccc(Br)c1. The first-order chi connectivity index (χ1) is 11.2. The summed E-state index contributed by atoms with van der Waals surface area (Å²) in [7, 11) is -2.24. The number of ether oxygens (including phenoxy) is 1. The lowest BCUT2D eigenvalue weighted by molar-refractivity contribution is 0.401. The lowest BCUT2D eigenvalue weighted by atomic mass is 10.0. The van der Waals surface area contributed by atoms with Crippen molar-refractivity contribution < 1.29 is 13.2 Å². The Balaban J connectivity index is 2.37. The minimum atomic E-state index is -3.71. The van der Waals surface area contributed by atoms with Crippen molar-refractivity contribution in [2.24, 2.45) is 0 Å². The largest absolute Gasteiger partial charge is 0.495 e. The maximum Gasteiger partial charge on any atom is 0.244 e. The summed E-state index contributed by atoms with van der Waals surface area (Å²) in [5.41, 5.74) is 1.83. The number of sulfonamides is 1. The van der Waals surface area contributed by atoms with Crippen molar-refractivity contribution >= 4 is 26.0 Å². The van der Waals surface area contributed by atoms with Gasteiger partial charge in [-0.1, -0.05) is 48.0 Å². The molecule has 6 heteroatoms. The van der Waals surface area contributed by atoms with Crippen LogP contribution in [0, 0.1) is 0 Å². The molecular weight excluding hydrogens is 390 g/mol. The number of hydrogen-bond donors (Lipinski definition) is 1. The summed E-state index contributed by atoms with van der Waals surface area (Å²) in [5, 5.41) is 0. The number of benzene rings is 2. The normalized spacial score (nSPS) is 13.1. The Morgan fingerprint density at radius 3 is 2.33 bits per heavy atom. The Labute approximate surface area is 152 Å². The minimum absolute atomic E-state index is 0.165. The van der Waals surface area contributed by atoms with Gasteiger partial charge in [0.1, 0.15) is 10.6 Å². The van der Waals surface area contributed by atoms with E-state index in [9.17, 15) is 8.42 Å². The van der Waals surface area contributed by atoms with Gasteiger partial charge >= 0.3 is 0 Å². The van der Waals surface area contributed by atoms with Crippen LogP contribution in [0.3, 0.4) is 0 Å². The van der Waals surface area contributed by atoms with Gasteiger partial charge in [0.2, 0.25) is 10.0 Å². The van der Waals surface area contributed by atoms with Crippen LogP contribution in [0.5, 0.6) is 5.75 Å². The molecule has 0 saturated heterocycles. The predicted octanol–water partition coefficient (Wildman–Crippen LogP) is 4.62. The van der Waals surface area contributed by atoms with Crippen LogP contribution in [0.2, 0.25) is 0 Å². The number of halogens is 1. The van der Waals surface area contributed by atoms with Gasteiger partial charge in [-0.25, -0.2) is 13.1 Å². The highest BCUT2D eigenvalue weighted by Crippen LogP contribution is 2.29. The summed E-state index contributed by atoms with van der Waals surface area (Å²) >= 11 is 3.41. The van der Waals surface area contributed by atoms with Gasteiger partial charge in [0.15, 0.2) is 0 Å². The van der Waals surface area contributed by atoms with Crippen LogP contribution in [0.15, 0.2) is 51.8 Å². The van der Waals surface area contributed by atoms with Gasteiger partial charge in [-0.2, -0.15) is 0 Å². The van der Waals surface area contributed by atoms with E-state index < -0.39 is 10.0 Å². The van der Waals surface area contributed by atoms with Gasteiger partial charge in [-0.05, 0) is 48.2 Å². The van der Waals surface area contributed by atoms with E-state index in [0.717, 1.165) is 15.6 Å². The second-order valence-electron chi connectivity index (χ2n) is 5.96. The molecule has 1 N–H and O–H groups in total. The highest BCUT2D eigenvalue weighted by atomic mass is 79.9. The fraction of sp³-hybridized carbons (Fsp3) is 0.333. The van der Waals surface area contributed by atoms with Crippen molar-refractivity contribution in [2.75, 3.05) is 7.11 Å². The number of hydrogen-bond acceptors (Lipinski definition) is 3. The Hall–Kier alpha value is -1.37.